The Morgan fingerprint density at radius 1 is 1.38 bits per heavy atom. The maximum Gasteiger partial charge on any atom is 0.129 e. The van der Waals surface area contributed by atoms with E-state index in [1.807, 2.05) is 23.0 Å². The van der Waals surface area contributed by atoms with Crippen molar-refractivity contribution in [2.45, 2.75) is 19.7 Å². The molecule has 2 rings (SSSR count). The molecule has 0 fully saturated rings. The monoisotopic (exact) mass is 238 g/mol. The molecule has 0 amide bonds. The third kappa shape index (κ3) is 3.16. The first-order valence-corrected chi connectivity index (χ1v) is 5.97. The molecule has 16 heavy (non-hydrogen) atoms. The number of hydrogen-bond acceptors (Lipinski definition) is 5. The molecule has 0 aromatic carbocycles. The van der Waals surface area contributed by atoms with Crippen molar-refractivity contribution in [1.82, 2.24) is 10.3 Å². The van der Waals surface area contributed by atoms with E-state index in [-0.39, 0.29) is 0 Å². The second-order valence-electron chi connectivity index (χ2n) is 3.38. The molecule has 0 saturated heterocycles. The number of nitrogens with one attached hydrogen (secondary N) is 1. The Morgan fingerprint density at radius 3 is 3.00 bits per heavy atom. The molecule has 0 unspecified atom stereocenters. The zero-order chi connectivity index (χ0) is 11.2. The molecule has 0 radical (unpaired) electrons. The van der Waals surface area contributed by atoms with Crippen LogP contribution in [0.4, 0.5) is 0 Å². The van der Waals surface area contributed by atoms with Crippen molar-refractivity contribution in [1.29, 1.82) is 0 Å². The summed E-state index contributed by atoms with van der Waals surface area (Å²) in [4.78, 5) is 4.19. The molecule has 5 heteroatoms. The molecule has 2 aromatic heterocycles. The second kappa shape index (κ2) is 5.79. The topological polar surface area (TPSA) is 47.3 Å². The predicted molar refractivity (Wildman–Crippen MR) is 62.1 cm³/mol. The minimum Gasteiger partial charge on any atom is -0.462 e. The largest absolute Gasteiger partial charge is 0.462 e. The average molecular weight is 238 g/mol. The highest BCUT2D eigenvalue weighted by atomic mass is 32.1. The van der Waals surface area contributed by atoms with Crippen LogP contribution < -0.4 is 5.32 Å². The fourth-order valence-electron chi connectivity index (χ4n) is 1.38. The van der Waals surface area contributed by atoms with E-state index in [0.29, 0.717) is 13.2 Å². The lowest BCUT2D eigenvalue weighted by Crippen LogP contribution is -2.12. The van der Waals surface area contributed by atoms with Crippen LogP contribution in [0.3, 0.4) is 0 Å². The Bertz CT molecular complexity index is 411. The molecular formula is C11H14N2O2S. The van der Waals surface area contributed by atoms with Gasteiger partial charge in [-0.25, -0.2) is 4.98 Å². The van der Waals surface area contributed by atoms with Crippen LogP contribution in [-0.2, 0) is 24.4 Å². The number of ether oxygens (including phenoxy) is 1. The minimum atomic E-state index is 0.520. The van der Waals surface area contributed by atoms with Gasteiger partial charge in [-0.2, -0.15) is 0 Å². The van der Waals surface area contributed by atoms with Gasteiger partial charge in [-0.05, 0) is 12.1 Å². The van der Waals surface area contributed by atoms with E-state index in [4.69, 9.17) is 9.15 Å². The number of nitrogens with zero attached hydrogens (tertiary/aromatic N) is 1. The first-order chi connectivity index (χ1) is 7.88. The van der Waals surface area contributed by atoms with E-state index in [2.05, 4.69) is 10.3 Å². The molecule has 2 heterocycles. The van der Waals surface area contributed by atoms with Gasteiger partial charge in [0.05, 0.1) is 17.7 Å². The minimum absolute atomic E-state index is 0.520. The summed E-state index contributed by atoms with van der Waals surface area (Å²) in [6.07, 6.45) is 0. The van der Waals surface area contributed by atoms with Crippen molar-refractivity contribution in [3.8, 4) is 0 Å². The number of rotatable bonds is 6. The Morgan fingerprint density at radius 2 is 2.25 bits per heavy atom. The Hall–Kier alpha value is -1.17. The Kier molecular flexibility index (Phi) is 4.10. The van der Waals surface area contributed by atoms with Gasteiger partial charge in [0.1, 0.15) is 18.1 Å². The zero-order valence-electron chi connectivity index (χ0n) is 9.10. The predicted octanol–water partition coefficient (Wildman–Crippen LogP) is 2.17. The molecule has 0 atom stereocenters. The van der Waals surface area contributed by atoms with Gasteiger partial charge >= 0.3 is 0 Å². The maximum atomic E-state index is 5.54. The molecule has 86 valence electrons. The molecule has 1 N–H and O–H groups in total. The summed E-state index contributed by atoms with van der Waals surface area (Å²) < 4.78 is 10.5. The third-order valence-corrected chi connectivity index (χ3v) is 2.73. The van der Waals surface area contributed by atoms with Crippen LogP contribution in [0.2, 0.25) is 0 Å². The van der Waals surface area contributed by atoms with E-state index >= 15 is 0 Å². The Balaban J connectivity index is 1.76. The summed E-state index contributed by atoms with van der Waals surface area (Å²) in [6.45, 7) is 2.00. The van der Waals surface area contributed by atoms with Crippen LogP contribution in [0, 0.1) is 0 Å². The Labute approximate surface area is 98.3 Å². The van der Waals surface area contributed by atoms with Crippen LogP contribution in [0.25, 0.3) is 0 Å². The number of hydrogen-bond donors (Lipinski definition) is 1. The molecule has 0 aliphatic carbocycles. The van der Waals surface area contributed by atoms with Crippen molar-refractivity contribution < 1.29 is 9.15 Å². The van der Waals surface area contributed by atoms with E-state index in [0.717, 1.165) is 23.8 Å². The van der Waals surface area contributed by atoms with Gasteiger partial charge < -0.3 is 14.5 Å². The molecule has 0 aliphatic rings. The maximum absolute atomic E-state index is 5.54. The molecule has 0 spiro atoms. The van der Waals surface area contributed by atoms with Crippen molar-refractivity contribution in [3.63, 3.8) is 0 Å². The summed E-state index contributed by atoms with van der Waals surface area (Å²) in [5.41, 5.74) is 2.90. The van der Waals surface area contributed by atoms with E-state index in [1.54, 1.807) is 18.4 Å². The van der Waals surface area contributed by atoms with Crippen LogP contribution >= 0.6 is 11.3 Å². The fraction of sp³-hybridized carbons (Fsp3) is 0.364. The number of methoxy groups -OCH3 is 1. The third-order valence-electron chi connectivity index (χ3n) is 2.09. The van der Waals surface area contributed by atoms with Gasteiger partial charge in [0.2, 0.25) is 0 Å². The zero-order valence-corrected chi connectivity index (χ0v) is 9.92. The van der Waals surface area contributed by atoms with Crippen LogP contribution in [-0.4, -0.2) is 12.1 Å². The van der Waals surface area contributed by atoms with Crippen LogP contribution in [0.5, 0.6) is 0 Å². The molecule has 4 nitrogen and oxygen atoms in total. The normalized spacial score (nSPS) is 10.8. The highest BCUT2D eigenvalue weighted by Crippen LogP contribution is 2.09. The first kappa shape index (κ1) is 11.3. The standard InChI is InChI=1S/C11H14N2O2S/c1-14-6-11-3-2-10(15-11)5-12-4-9-7-16-8-13-9/h2-3,7-8,12H,4-6H2,1H3. The van der Waals surface area contributed by atoms with Crippen molar-refractivity contribution in [3.05, 3.63) is 40.2 Å². The lowest BCUT2D eigenvalue weighted by molar-refractivity contribution is 0.162. The lowest BCUT2D eigenvalue weighted by Gasteiger charge is -1.99. The summed E-state index contributed by atoms with van der Waals surface area (Å²) in [5.74, 6) is 1.77. The summed E-state index contributed by atoms with van der Waals surface area (Å²) in [6, 6.07) is 3.89. The second-order valence-corrected chi connectivity index (χ2v) is 4.10. The van der Waals surface area contributed by atoms with Crippen molar-refractivity contribution >= 4 is 11.3 Å². The van der Waals surface area contributed by atoms with Gasteiger partial charge in [-0.15, -0.1) is 11.3 Å². The van der Waals surface area contributed by atoms with E-state index < -0.39 is 0 Å². The smallest absolute Gasteiger partial charge is 0.129 e. The molecule has 0 aliphatic heterocycles. The molecular weight excluding hydrogens is 224 g/mol. The van der Waals surface area contributed by atoms with E-state index in [1.165, 1.54) is 0 Å². The van der Waals surface area contributed by atoms with Crippen molar-refractivity contribution in [2.24, 2.45) is 0 Å². The van der Waals surface area contributed by atoms with Crippen LogP contribution in [0.15, 0.2) is 27.4 Å². The number of furan rings is 1. The van der Waals surface area contributed by atoms with Gasteiger partial charge in [-0.3, -0.25) is 0 Å². The summed E-state index contributed by atoms with van der Waals surface area (Å²) >= 11 is 1.61. The lowest BCUT2D eigenvalue weighted by atomic mass is 10.4. The average Bonchev–Trinajstić information content (AvgIpc) is 2.90. The molecule has 0 saturated carbocycles. The highest BCUT2D eigenvalue weighted by Gasteiger charge is 2.01. The van der Waals surface area contributed by atoms with Gasteiger partial charge in [0.15, 0.2) is 0 Å². The van der Waals surface area contributed by atoms with Gasteiger partial charge in [0.25, 0.3) is 0 Å². The number of aromatic nitrogens is 1. The SMILES string of the molecule is COCc1ccc(CNCc2cscn2)o1. The summed E-state index contributed by atoms with van der Waals surface area (Å²) in [5, 5.41) is 5.30. The summed E-state index contributed by atoms with van der Waals surface area (Å²) in [7, 11) is 1.66. The quantitative estimate of drug-likeness (QED) is 0.838. The highest BCUT2D eigenvalue weighted by molar-refractivity contribution is 7.07. The van der Waals surface area contributed by atoms with E-state index in [9.17, 15) is 0 Å². The van der Waals surface area contributed by atoms with Crippen LogP contribution in [0.1, 0.15) is 17.2 Å². The van der Waals surface area contributed by atoms with Gasteiger partial charge in [0, 0.05) is 19.0 Å². The fourth-order valence-corrected chi connectivity index (χ4v) is 1.93. The first-order valence-electron chi connectivity index (χ1n) is 5.03. The van der Waals surface area contributed by atoms with Crippen molar-refractivity contribution in [2.75, 3.05) is 7.11 Å². The molecule has 2 aromatic rings. The number of thiazole rings is 1. The van der Waals surface area contributed by atoms with Gasteiger partial charge in [-0.1, -0.05) is 0 Å². The molecule has 0 bridgehead atoms.